The molecule has 0 saturated heterocycles. The van der Waals surface area contributed by atoms with Crippen LogP contribution in [0, 0.1) is 0 Å². The first-order chi connectivity index (χ1) is 9.58. The van der Waals surface area contributed by atoms with E-state index in [0.717, 1.165) is 15.1 Å². The predicted octanol–water partition coefficient (Wildman–Crippen LogP) is 6.73. The van der Waals surface area contributed by atoms with Gasteiger partial charge in [0.2, 0.25) is 0 Å². The van der Waals surface area contributed by atoms with Crippen LogP contribution in [0.1, 0.15) is 25.0 Å². The molecule has 0 aromatic heterocycles. The fourth-order valence-corrected chi connectivity index (χ4v) is 1.95. The maximum absolute atomic E-state index is 5.67. The van der Waals surface area contributed by atoms with Crippen molar-refractivity contribution in [1.29, 1.82) is 0 Å². The minimum Gasteiger partial charge on any atom is -0.0894 e. The third-order valence-corrected chi connectivity index (χ3v) is 2.67. The molecule has 0 amide bonds. The highest BCUT2D eigenvalue weighted by atomic mass is 79.9. The van der Waals surface area contributed by atoms with Gasteiger partial charge in [-0.15, -0.1) is 0 Å². The van der Waals surface area contributed by atoms with E-state index < -0.39 is 0 Å². The summed E-state index contributed by atoms with van der Waals surface area (Å²) in [6.07, 6.45) is 4.02. The number of hydrogen-bond acceptors (Lipinski definition) is 0. The summed E-state index contributed by atoms with van der Waals surface area (Å²) in [4.78, 5) is 0. The lowest BCUT2D eigenvalue weighted by Gasteiger charge is -1.90. The molecule has 2 heteroatoms. The molecule has 0 radical (unpaired) electrons. The molecule has 2 aromatic carbocycles. The first-order valence-corrected chi connectivity index (χ1v) is 7.52. The Kier molecular flexibility index (Phi) is 8.01. The van der Waals surface area contributed by atoms with Gasteiger partial charge < -0.3 is 0 Å². The van der Waals surface area contributed by atoms with Crippen molar-refractivity contribution in [2.75, 3.05) is 0 Å². The summed E-state index contributed by atoms with van der Waals surface area (Å²) in [7, 11) is 0. The van der Waals surface area contributed by atoms with E-state index in [0.29, 0.717) is 0 Å². The number of allylic oxidation sites excluding steroid dienone is 2. The van der Waals surface area contributed by atoms with Crippen LogP contribution in [-0.2, 0) is 0 Å². The van der Waals surface area contributed by atoms with Crippen molar-refractivity contribution in [3.63, 3.8) is 0 Å². The molecule has 20 heavy (non-hydrogen) atoms. The minimum absolute atomic E-state index is 0.811. The van der Waals surface area contributed by atoms with Crippen LogP contribution in [0.2, 0.25) is 0 Å². The second-order valence-electron chi connectivity index (χ2n) is 4.28. The van der Waals surface area contributed by atoms with Crippen LogP contribution in [0.3, 0.4) is 0 Å². The first kappa shape index (κ1) is 16.7. The molecule has 0 spiro atoms. The highest BCUT2D eigenvalue weighted by Gasteiger charge is 1.84. The van der Waals surface area contributed by atoms with Gasteiger partial charge in [-0.1, -0.05) is 88.2 Å². The average Bonchev–Trinajstić information content (AvgIpc) is 2.40. The highest BCUT2D eigenvalue weighted by molar-refractivity contribution is 9.11. The number of benzene rings is 2. The number of halogens is 2. The largest absolute Gasteiger partial charge is 0.0894 e. The fraction of sp³-hybridized carbons (Fsp3) is 0.111. The van der Waals surface area contributed by atoms with Crippen LogP contribution < -0.4 is 0 Å². The van der Waals surface area contributed by atoms with Gasteiger partial charge in [-0.3, -0.25) is 0 Å². The molecule has 0 unspecified atom stereocenters. The van der Waals surface area contributed by atoms with Crippen molar-refractivity contribution in [3.8, 4) is 0 Å². The van der Waals surface area contributed by atoms with Crippen LogP contribution in [0.25, 0.3) is 12.2 Å². The number of hydrogen-bond donors (Lipinski definition) is 0. The normalized spacial score (nSPS) is 11.6. The van der Waals surface area contributed by atoms with E-state index >= 15 is 0 Å². The Hall–Kier alpha value is -1.31. The molecule has 0 bridgehead atoms. The minimum atomic E-state index is 0.811. The Morgan fingerprint density at radius 3 is 1.55 bits per heavy atom. The molecular weight excluding hydrogens is 332 g/mol. The van der Waals surface area contributed by atoms with Gasteiger partial charge in [0.1, 0.15) is 0 Å². The Morgan fingerprint density at radius 2 is 1.20 bits per heavy atom. The lowest BCUT2D eigenvalue weighted by atomic mass is 10.2. The van der Waals surface area contributed by atoms with Crippen molar-refractivity contribution in [2.45, 2.75) is 13.8 Å². The molecule has 0 atom stereocenters. The second-order valence-corrected chi connectivity index (χ2v) is 6.13. The van der Waals surface area contributed by atoms with Gasteiger partial charge in [-0.25, -0.2) is 0 Å². The van der Waals surface area contributed by atoms with E-state index in [1.165, 1.54) is 5.56 Å². The first-order valence-electron chi connectivity index (χ1n) is 6.35. The van der Waals surface area contributed by atoms with Gasteiger partial charge in [0.05, 0.1) is 0 Å². The molecule has 104 valence electrons. The SMILES string of the molecule is CC(Br)=Cc1ccccc1.CC(Cl)=Cc1ccccc1. The van der Waals surface area contributed by atoms with E-state index in [2.05, 4.69) is 34.1 Å². The zero-order valence-corrected chi connectivity index (χ0v) is 14.0. The topological polar surface area (TPSA) is 0 Å². The summed E-state index contributed by atoms with van der Waals surface area (Å²) >= 11 is 9.05. The smallest absolute Gasteiger partial charge is 0.0155 e. The summed E-state index contributed by atoms with van der Waals surface area (Å²) in [5.41, 5.74) is 2.38. The lowest BCUT2D eigenvalue weighted by molar-refractivity contribution is 1.63. The van der Waals surface area contributed by atoms with Crippen molar-refractivity contribution in [2.24, 2.45) is 0 Å². The molecular formula is C18H18BrCl. The quantitative estimate of drug-likeness (QED) is 0.564. The molecule has 0 fully saturated rings. The fourth-order valence-electron chi connectivity index (χ4n) is 1.56. The Morgan fingerprint density at radius 1 is 0.800 bits per heavy atom. The van der Waals surface area contributed by atoms with Gasteiger partial charge in [-0.2, -0.15) is 0 Å². The van der Waals surface area contributed by atoms with Crippen LogP contribution in [-0.4, -0.2) is 0 Å². The second kappa shape index (κ2) is 9.57. The van der Waals surface area contributed by atoms with Gasteiger partial charge in [0.15, 0.2) is 0 Å². The van der Waals surface area contributed by atoms with Gasteiger partial charge in [0, 0.05) is 5.03 Å². The van der Waals surface area contributed by atoms with Gasteiger partial charge in [-0.05, 0) is 41.6 Å². The van der Waals surface area contributed by atoms with Crippen LogP contribution in [0.5, 0.6) is 0 Å². The van der Waals surface area contributed by atoms with Crippen molar-refractivity contribution >= 4 is 39.7 Å². The standard InChI is InChI=1S/C9H9Br.C9H9Cl/c2*1-8(10)7-9-5-3-2-4-6-9/h2*2-7H,1H3. The van der Waals surface area contributed by atoms with Crippen LogP contribution in [0.4, 0.5) is 0 Å². The molecule has 2 aromatic rings. The average molecular weight is 350 g/mol. The molecule has 0 aliphatic heterocycles. The Balaban J connectivity index is 0.000000200. The molecule has 2 rings (SSSR count). The van der Waals surface area contributed by atoms with E-state index in [4.69, 9.17) is 11.6 Å². The van der Waals surface area contributed by atoms with Crippen LogP contribution in [0.15, 0.2) is 70.2 Å². The van der Waals surface area contributed by atoms with Gasteiger partial charge >= 0.3 is 0 Å². The lowest BCUT2D eigenvalue weighted by Crippen LogP contribution is -1.68. The number of rotatable bonds is 2. The Labute approximate surface area is 134 Å². The summed E-state index contributed by atoms with van der Waals surface area (Å²) in [5, 5.41) is 0.811. The maximum Gasteiger partial charge on any atom is 0.0155 e. The van der Waals surface area contributed by atoms with E-state index in [9.17, 15) is 0 Å². The highest BCUT2D eigenvalue weighted by Crippen LogP contribution is 2.10. The molecule has 0 nitrogen and oxygen atoms in total. The van der Waals surface area contributed by atoms with E-state index in [1.54, 1.807) is 0 Å². The third-order valence-electron chi connectivity index (χ3n) is 2.33. The van der Waals surface area contributed by atoms with E-state index in [1.807, 2.05) is 68.5 Å². The summed E-state index contributed by atoms with van der Waals surface area (Å²) in [6, 6.07) is 20.2. The molecule has 0 N–H and O–H groups in total. The zero-order valence-electron chi connectivity index (χ0n) is 11.7. The van der Waals surface area contributed by atoms with Crippen LogP contribution >= 0.6 is 27.5 Å². The third kappa shape index (κ3) is 7.98. The predicted molar refractivity (Wildman–Crippen MR) is 95.0 cm³/mol. The van der Waals surface area contributed by atoms with Crippen molar-refractivity contribution in [3.05, 3.63) is 81.3 Å². The molecule has 0 aliphatic carbocycles. The summed E-state index contributed by atoms with van der Waals surface area (Å²) < 4.78 is 1.15. The molecule has 0 saturated carbocycles. The molecule has 0 heterocycles. The van der Waals surface area contributed by atoms with E-state index in [-0.39, 0.29) is 0 Å². The maximum atomic E-state index is 5.67. The monoisotopic (exact) mass is 348 g/mol. The summed E-state index contributed by atoms with van der Waals surface area (Å²) in [6.45, 7) is 3.89. The van der Waals surface area contributed by atoms with Gasteiger partial charge in [0.25, 0.3) is 0 Å². The summed E-state index contributed by atoms with van der Waals surface area (Å²) in [5.74, 6) is 0. The van der Waals surface area contributed by atoms with Crippen molar-refractivity contribution in [1.82, 2.24) is 0 Å². The van der Waals surface area contributed by atoms with Crippen molar-refractivity contribution < 1.29 is 0 Å². The Bertz CT molecular complexity index is 495. The zero-order chi connectivity index (χ0) is 14.8. The molecule has 0 aliphatic rings.